The fourth-order valence-electron chi connectivity index (χ4n) is 3.52. The van der Waals surface area contributed by atoms with Gasteiger partial charge in [0.2, 0.25) is 5.91 Å². The Kier molecular flexibility index (Phi) is 10.9. The highest BCUT2D eigenvalue weighted by Gasteiger charge is 2.30. The van der Waals surface area contributed by atoms with Crippen LogP contribution in [-0.4, -0.2) is 35.4 Å². The summed E-state index contributed by atoms with van der Waals surface area (Å²) in [6.45, 7) is 12.1. The third-order valence-corrected chi connectivity index (χ3v) is 7.25. The summed E-state index contributed by atoms with van der Waals surface area (Å²) in [5.41, 5.74) is 1.72. The highest BCUT2D eigenvalue weighted by atomic mass is 79.9. The molecule has 0 aliphatic rings. The zero-order valence-corrected chi connectivity index (χ0v) is 24.4. The molecule has 192 valence electrons. The zero-order chi connectivity index (χ0) is 26.3. The third kappa shape index (κ3) is 8.12. The Balaban J connectivity index is 2.31. The first-order valence-corrected chi connectivity index (χ1v) is 13.4. The second-order valence-electron chi connectivity index (χ2n) is 9.65. The molecule has 5 nitrogen and oxygen atoms in total. The van der Waals surface area contributed by atoms with E-state index in [-0.39, 0.29) is 36.4 Å². The maximum Gasteiger partial charge on any atom is 0.261 e. The quantitative estimate of drug-likeness (QED) is 0.322. The van der Waals surface area contributed by atoms with Crippen molar-refractivity contribution in [3.05, 3.63) is 62.0 Å². The smallest absolute Gasteiger partial charge is 0.261 e. The van der Waals surface area contributed by atoms with Crippen LogP contribution in [0.4, 0.5) is 0 Å². The molecule has 0 bridgehead atoms. The van der Waals surface area contributed by atoms with Crippen LogP contribution >= 0.6 is 39.1 Å². The van der Waals surface area contributed by atoms with Crippen molar-refractivity contribution in [2.45, 2.75) is 78.4 Å². The number of halogens is 3. The minimum Gasteiger partial charge on any atom is -0.483 e. The molecule has 0 aliphatic heterocycles. The van der Waals surface area contributed by atoms with Gasteiger partial charge in [-0.3, -0.25) is 9.59 Å². The lowest BCUT2D eigenvalue weighted by atomic mass is 9.87. The van der Waals surface area contributed by atoms with Crippen LogP contribution in [0.5, 0.6) is 5.75 Å². The second-order valence-corrected chi connectivity index (χ2v) is 11.3. The van der Waals surface area contributed by atoms with Crippen molar-refractivity contribution in [3.63, 3.8) is 0 Å². The van der Waals surface area contributed by atoms with Crippen LogP contribution in [0.1, 0.15) is 65.5 Å². The highest BCUT2D eigenvalue weighted by molar-refractivity contribution is 9.10. The van der Waals surface area contributed by atoms with E-state index in [1.807, 2.05) is 39.0 Å². The molecule has 2 rings (SSSR count). The number of nitrogens with zero attached hydrogens (tertiary/aromatic N) is 1. The molecular weight excluding hydrogens is 551 g/mol. The van der Waals surface area contributed by atoms with Crippen LogP contribution in [0.15, 0.2) is 40.9 Å². The molecule has 0 heterocycles. The normalized spacial score (nSPS) is 13.2. The molecule has 0 aliphatic carbocycles. The van der Waals surface area contributed by atoms with Gasteiger partial charge in [0.1, 0.15) is 11.8 Å². The number of hydrogen-bond acceptors (Lipinski definition) is 3. The topological polar surface area (TPSA) is 58.6 Å². The molecule has 0 aromatic heterocycles. The van der Waals surface area contributed by atoms with Crippen molar-refractivity contribution in [2.75, 3.05) is 6.61 Å². The molecule has 0 radical (unpaired) electrons. The summed E-state index contributed by atoms with van der Waals surface area (Å²) in [6.07, 6.45) is 1.22. The average molecular weight is 586 g/mol. The molecule has 0 spiro atoms. The van der Waals surface area contributed by atoms with Crippen molar-refractivity contribution in [2.24, 2.45) is 0 Å². The maximum atomic E-state index is 13.5. The second kappa shape index (κ2) is 13.0. The Morgan fingerprint density at radius 3 is 2.23 bits per heavy atom. The Morgan fingerprint density at radius 2 is 1.71 bits per heavy atom. The lowest BCUT2D eigenvalue weighted by Gasteiger charge is -2.32. The van der Waals surface area contributed by atoms with E-state index < -0.39 is 6.04 Å². The molecule has 8 heteroatoms. The Hall–Kier alpha value is -1.76. The number of hydrogen-bond donors (Lipinski definition) is 1. The SMILES string of the molecule is CC[C@@H](C)NC(=O)[C@H](CC)N(Cc1c(Cl)cccc1Cl)C(=O)COc1ccc(C(C)(C)C)cc1Br. The third-order valence-electron chi connectivity index (χ3n) is 5.93. The summed E-state index contributed by atoms with van der Waals surface area (Å²) in [4.78, 5) is 28.1. The van der Waals surface area contributed by atoms with Gasteiger partial charge in [0.05, 0.1) is 4.47 Å². The van der Waals surface area contributed by atoms with Crippen molar-refractivity contribution >= 4 is 50.9 Å². The number of carbonyl (C=O) groups excluding carboxylic acids is 2. The Bertz CT molecular complexity index is 1020. The van der Waals surface area contributed by atoms with E-state index >= 15 is 0 Å². The summed E-state index contributed by atoms with van der Waals surface area (Å²) >= 11 is 16.3. The fourth-order valence-corrected chi connectivity index (χ4v) is 4.53. The van der Waals surface area contributed by atoms with Gasteiger partial charge in [-0.25, -0.2) is 0 Å². The minimum absolute atomic E-state index is 0.00839. The molecule has 0 saturated carbocycles. The van der Waals surface area contributed by atoms with E-state index in [0.717, 1.165) is 16.5 Å². The lowest BCUT2D eigenvalue weighted by molar-refractivity contribution is -0.143. The van der Waals surface area contributed by atoms with Gasteiger partial charge in [-0.2, -0.15) is 0 Å². The molecule has 35 heavy (non-hydrogen) atoms. The standard InChI is InChI=1S/C27H35BrCl2N2O3/c1-7-17(3)31-26(34)23(8-2)32(15-19-21(29)10-9-11-22(19)30)25(33)16-35-24-13-12-18(14-20(24)28)27(4,5)6/h9-14,17,23H,7-8,15-16H2,1-6H3,(H,31,34)/t17-,23+/m1/s1. The number of rotatable bonds is 10. The van der Waals surface area contributed by atoms with Gasteiger partial charge in [-0.1, -0.05) is 70.0 Å². The molecule has 1 N–H and O–H groups in total. The Morgan fingerprint density at radius 1 is 1.09 bits per heavy atom. The molecule has 2 amide bonds. The predicted molar refractivity (Wildman–Crippen MR) is 147 cm³/mol. The van der Waals surface area contributed by atoms with Crippen LogP contribution in [0.2, 0.25) is 10.0 Å². The van der Waals surface area contributed by atoms with Gasteiger partial charge in [0.15, 0.2) is 6.61 Å². The van der Waals surface area contributed by atoms with Crippen LogP contribution in [0.3, 0.4) is 0 Å². The first kappa shape index (κ1) is 29.5. The number of nitrogens with one attached hydrogen (secondary N) is 1. The van der Waals surface area contributed by atoms with E-state index in [2.05, 4.69) is 42.0 Å². The molecule has 0 unspecified atom stereocenters. The molecule has 2 aromatic carbocycles. The zero-order valence-electron chi connectivity index (χ0n) is 21.3. The average Bonchev–Trinajstić information content (AvgIpc) is 2.78. The summed E-state index contributed by atoms with van der Waals surface area (Å²) in [6, 6.07) is 10.3. The first-order chi connectivity index (χ1) is 16.4. The highest BCUT2D eigenvalue weighted by Crippen LogP contribution is 2.32. The molecule has 0 saturated heterocycles. The van der Waals surface area contributed by atoms with E-state index in [9.17, 15) is 9.59 Å². The maximum absolute atomic E-state index is 13.5. The lowest BCUT2D eigenvalue weighted by Crippen LogP contribution is -2.51. The fraction of sp³-hybridized carbons (Fsp3) is 0.481. The summed E-state index contributed by atoms with van der Waals surface area (Å²) in [5.74, 6) is 0.00667. The number of carbonyl (C=O) groups is 2. The monoisotopic (exact) mass is 584 g/mol. The predicted octanol–water partition coefficient (Wildman–Crippen LogP) is 7.15. The van der Waals surface area contributed by atoms with Crippen LogP contribution < -0.4 is 10.1 Å². The van der Waals surface area contributed by atoms with Crippen molar-refractivity contribution in [1.29, 1.82) is 0 Å². The van der Waals surface area contributed by atoms with E-state index in [0.29, 0.717) is 27.8 Å². The van der Waals surface area contributed by atoms with Gasteiger partial charge >= 0.3 is 0 Å². The van der Waals surface area contributed by atoms with Gasteiger partial charge < -0.3 is 15.0 Å². The van der Waals surface area contributed by atoms with E-state index in [4.69, 9.17) is 27.9 Å². The first-order valence-electron chi connectivity index (χ1n) is 11.8. The molecule has 2 atom stereocenters. The summed E-state index contributed by atoms with van der Waals surface area (Å²) in [7, 11) is 0. The van der Waals surface area contributed by atoms with Crippen LogP contribution in [0, 0.1) is 0 Å². The molecular formula is C27H35BrCl2N2O3. The van der Waals surface area contributed by atoms with Crippen molar-refractivity contribution < 1.29 is 14.3 Å². The van der Waals surface area contributed by atoms with Crippen molar-refractivity contribution in [1.82, 2.24) is 10.2 Å². The summed E-state index contributed by atoms with van der Waals surface area (Å²) < 4.78 is 6.65. The van der Waals surface area contributed by atoms with E-state index in [1.165, 1.54) is 4.90 Å². The Labute approximate surface area is 227 Å². The number of ether oxygens (including phenoxy) is 1. The number of amides is 2. The van der Waals surface area contributed by atoms with Gasteiger partial charge in [-0.15, -0.1) is 0 Å². The van der Waals surface area contributed by atoms with E-state index in [1.54, 1.807) is 18.2 Å². The minimum atomic E-state index is -0.695. The van der Waals surface area contributed by atoms with Gasteiger partial charge in [-0.05, 0) is 70.9 Å². The van der Waals surface area contributed by atoms with Gasteiger partial charge in [0.25, 0.3) is 5.91 Å². The van der Waals surface area contributed by atoms with Gasteiger partial charge in [0, 0.05) is 28.2 Å². The van der Waals surface area contributed by atoms with Crippen LogP contribution in [-0.2, 0) is 21.5 Å². The molecule has 0 fully saturated rings. The summed E-state index contributed by atoms with van der Waals surface area (Å²) in [5, 5.41) is 3.86. The molecule has 2 aromatic rings. The largest absolute Gasteiger partial charge is 0.483 e. The van der Waals surface area contributed by atoms with Crippen molar-refractivity contribution in [3.8, 4) is 5.75 Å². The van der Waals surface area contributed by atoms with Crippen LogP contribution in [0.25, 0.3) is 0 Å². The number of benzene rings is 2.